The van der Waals surface area contributed by atoms with Gasteiger partial charge in [-0.2, -0.15) is 0 Å². The fourth-order valence-corrected chi connectivity index (χ4v) is 1.82. The van der Waals surface area contributed by atoms with Gasteiger partial charge in [0.15, 0.2) is 0 Å². The highest BCUT2D eigenvalue weighted by molar-refractivity contribution is 5.39. The summed E-state index contributed by atoms with van der Waals surface area (Å²) in [5, 5.41) is 0. The van der Waals surface area contributed by atoms with Crippen molar-refractivity contribution in [2.24, 2.45) is 7.05 Å². The van der Waals surface area contributed by atoms with E-state index in [1.54, 1.807) is 22.4 Å². The topological polar surface area (TPSA) is 52.9 Å². The molecule has 0 saturated carbocycles. The molecule has 0 bridgehead atoms. The van der Waals surface area contributed by atoms with Gasteiger partial charge in [-0.15, -0.1) is 0 Å². The van der Waals surface area contributed by atoms with Crippen LogP contribution >= 0.6 is 0 Å². The monoisotopic (exact) mass is 231 g/mol. The summed E-state index contributed by atoms with van der Waals surface area (Å²) < 4.78 is 3.32. The minimum absolute atomic E-state index is 0.0438. The van der Waals surface area contributed by atoms with Crippen LogP contribution in [-0.4, -0.2) is 9.13 Å². The van der Waals surface area contributed by atoms with Crippen LogP contribution in [0.1, 0.15) is 12.0 Å². The highest BCUT2D eigenvalue weighted by Crippen LogP contribution is 2.07. The Labute approximate surface area is 100 Å². The molecule has 0 saturated heterocycles. The highest BCUT2D eigenvalue weighted by Gasteiger charge is 1.99. The largest absolute Gasteiger partial charge is 0.399 e. The lowest BCUT2D eigenvalue weighted by Gasteiger charge is -2.03. The average Bonchev–Trinajstić information content (AvgIpc) is 2.64. The average molecular weight is 231 g/mol. The quantitative estimate of drug-likeness (QED) is 0.809. The maximum Gasteiger partial charge on any atom is 0.327 e. The lowest BCUT2D eigenvalue weighted by Crippen LogP contribution is -2.22. The summed E-state index contributed by atoms with van der Waals surface area (Å²) in [6, 6.07) is 7.88. The van der Waals surface area contributed by atoms with Crippen LogP contribution in [0.3, 0.4) is 0 Å². The molecule has 17 heavy (non-hydrogen) atoms. The summed E-state index contributed by atoms with van der Waals surface area (Å²) in [5.74, 6) is 0. The standard InChI is InChI=1S/C13H17N3O/c1-15-9-10-16(13(15)17)8-2-3-11-4-6-12(14)7-5-11/h4-7,9-10H,2-3,8,14H2,1H3. The van der Waals surface area contributed by atoms with E-state index in [9.17, 15) is 4.79 Å². The van der Waals surface area contributed by atoms with E-state index in [1.165, 1.54) is 5.56 Å². The van der Waals surface area contributed by atoms with E-state index < -0.39 is 0 Å². The minimum Gasteiger partial charge on any atom is -0.399 e. The Balaban J connectivity index is 1.90. The van der Waals surface area contributed by atoms with E-state index in [-0.39, 0.29) is 5.69 Å². The molecule has 1 aromatic carbocycles. The van der Waals surface area contributed by atoms with Crippen molar-refractivity contribution in [3.8, 4) is 0 Å². The second kappa shape index (κ2) is 4.91. The van der Waals surface area contributed by atoms with Crippen LogP contribution in [0.25, 0.3) is 0 Å². The number of benzene rings is 1. The molecule has 1 heterocycles. The molecule has 0 aliphatic carbocycles. The molecule has 2 aromatic rings. The predicted molar refractivity (Wildman–Crippen MR) is 68.8 cm³/mol. The van der Waals surface area contributed by atoms with E-state index >= 15 is 0 Å². The van der Waals surface area contributed by atoms with Gasteiger partial charge in [0.1, 0.15) is 0 Å². The predicted octanol–water partition coefficient (Wildman–Crippen LogP) is 1.40. The molecule has 0 atom stereocenters. The Bertz CT molecular complexity index is 537. The first-order chi connectivity index (χ1) is 8.16. The first kappa shape index (κ1) is 11.5. The fourth-order valence-electron chi connectivity index (χ4n) is 1.82. The zero-order chi connectivity index (χ0) is 12.3. The molecular formula is C13H17N3O. The van der Waals surface area contributed by atoms with Crippen molar-refractivity contribution in [1.82, 2.24) is 9.13 Å². The van der Waals surface area contributed by atoms with Crippen molar-refractivity contribution in [3.63, 3.8) is 0 Å². The first-order valence-electron chi connectivity index (χ1n) is 5.73. The van der Waals surface area contributed by atoms with Crippen molar-refractivity contribution >= 4 is 5.69 Å². The molecule has 0 amide bonds. The van der Waals surface area contributed by atoms with E-state index in [0.29, 0.717) is 0 Å². The summed E-state index contributed by atoms with van der Waals surface area (Å²) >= 11 is 0. The number of rotatable bonds is 4. The van der Waals surface area contributed by atoms with Crippen LogP contribution < -0.4 is 11.4 Å². The fraction of sp³-hybridized carbons (Fsp3) is 0.308. The van der Waals surface area contributed by atoms with Crippen LogP contribution in [0.2, 0.25) is 0 Å². The van der Waals surface area contributed by atoms with Gasteiger partial charge >= 0.3 is 5.69 Å². The zero-order valence-electron chi connectivity index (χ0n) is 9.97. The van der Waals surface area contributed by atoms with Gasteiger partial charge in [0, 0.05) is 31.7 Å². The van der Waals surface area contributed by atoms with Crippen molar-refractivity contribution in [1.29, 1.82) is 0 Å². The van der Waals surface area contributed by atoms with Crippen LogP contribution in [0, 0.1) is 0 Å². The van der Waals surface area contributed by atoms with Gasteiger partial charge in [-0.05, 0) is 30.5 Å². The number of aryl methyl sites for hydroxylation is 3. The van der Waals surface area contributed by atoms with Crippen molar-refractivity contribution in [2.75, 3.05) is 5.73 Å². The maximum atomic E-state index is 11.6. The SMILES string of the molecule is Cn1ccn(CCCc2ccc(N)cc2)c1=O. The Morgan fingerprint density at radius 2 is 1.88 bits per heavy atom. The molecule has 2 N–H and O–H groups in total. The second-order valence-electron chi connectivity index (χ2n) is 4.23. The lowest BCUT2D eigenvalue weighted by atomic mass is 10.1. The summed E-state index contributed by atoms with van der Waals surface area (Å²) in [6.45, 7) is 0.754. The van der Waals surface area contributed by atoms with Gasteiger partial charge in [0.05, 0.1) is 0 Å². The summed E-state index contributed by atoms with van der Waals surface area (Å²) in [4.78, 5) is 11.6. The van der Waals surface area contributed by atoms with Crippen molar-refractivity contribution in [2.45, 2.75) is 19.4 Å². The van der Waals surface area contributed by atoms with E-state index in [1.807, 2.05) is 30.5 Å². The zero-order valence-corrected chi connectivity index (χ0v) is 9.97. The van der Waals surface area contributed by atoms with Crippen molar-refractivity contribution < 1.29 is 0 Å². The van der Waals surface area contributed by atoms with Gasteiger partial charge in [0.25, 0.3) is 0 Å². The number of anilines is 1. The van der Waals surface area contributed by atoms with Gasteiger partial charge < -0.3 is 10.3 Å². The van der Waals surface area contributed by atoms with Crippen LogP contribution in [-0.2, 0) is 20.0 Å². The molecule has 90 valence electrons. The molecular weight excluding hydrogens is 214 g/mol. The molecule has 0 radical (unpaired) electrons. The summed E-state index contributed by atoms with van der Waals surface area (Å²) in [7, 11) is 1.76. The van der Waals surface area contributed by atoms with Crippen LogP contribution in [0.5, 0.6) is 0 Å². The second-order valence-corrected chi connectivity index (χ2v) is 4.23. The van der Waals surface area contributed by atoms with Gasteiger partial charge in [-0.3, -0.25) is 4.57 Å². The van der Waals surface area contributed by atoms with Gasteiger partial charge in [-0.1, -0.05) is 12.1 Å². The molecule has 4 heteroatoms. The Kier molecular flexibility index (Phi) is 3.32. The number of nitrogen functional groups attached to an aromatic ring is 1. The third-order valence-corrected chi connectivity index (χ3v) is 2.86. The maximum absolute atomic E-state index is 11.6. The third-order valence-electron chi connectivity index (χ3n) is 2.86. The number of hydrogen-bond acceptors (Lipinski definition) is 2. The molecule has 1 aromatic heterocycles. The number of imidazole rings is 1. The lowest BCUT2D eigenvalue weighted by molar-refractivity contribution is 0.610. The van der Waals surface area contributed by atoms with Gasteiger partial charge in [0.2, 0.25) is 0 Å². The molecule has 4 nitrogen and oxygen atoms in total. The molecule has 0 unspecified atom stereocenters. The Morgan fingerprint density at radius 3 is 2.47 bits per heavy atom. The molecule has 0 aliphatic heterocycles. The number of aromatic nitrogens is 2. The number of nitrogens with two attached hydrogens (primary N) is 1. The van der Waals surface area contributed by atoms with E-state index in [0.717, 1.165) is 25.1 Å². The van der Waals surface area contributed by atoms with E-state index in [4.69, 9.17) is 5.73 Å². The van der Waals surface area contributed by atoms with Crippen LogP contribution in [0.15, 0.2) is 41.5 Å². The Morgan fingerprint density at radius 1 is 1.18 bits per heavy atom. The van der Waals surface area contributed by atoms with Gasteiger partial charge in [-0.25, -0.2) is 4.79 Å². The highest BCUT2D eigenvalue weighted by atomic mass is 16.1. The smallest absolute Gasteiger partial charge is 0.327 e. The number of hydrogen-bond donors (Lipinski definition) is 1. The molecule has 0 fully saturated rings. The number of nitrogens with zero attached hydrogens (tertiary/aromatic N) is 2. The molecule has 2 rings (SSSR count). The summed E-state index contributed by atoms with van der Waals surface area (Å²) in [5.41, 5.74) is 7.70. The summed E-state index contributed by atoms with van der Waals surface area (Å²) in [6.07, 6.45) is 5.52. The first-order valence-corrected chi connectivity index (χ1v) is 5.73. The molecule has 0 aliphatic rings. The minimum atomic E-state index is 0.0438. The normalized spacial score (nSPS) is 10.6. The third kappa shape index (κ3) is 2.78. The van der Waals surface area contributed by atoms with E-state index in [2.05, 4.69) is 0 Å². The Hall–Kier alpha value is -1.97. The van der Waals surface area contributed by atoms with Crippen LogP contribution in [0.4, 0.5) is 5.69 Å². The molecule has 0 spiro atoms. The van der Waals surface area contributed by atoms with Crippen molar-refractivity contribution in [3.05, 3.63) is 52.7 Å².